The molecule has 4 aromatic rings. The quantitative estimate of drug-likeness (QED) is 0.302. The van der Waals surface area contributed by atoms with Crippen LogP contribution < -0.4 is 5.32 Å². The molecule has 11 nitrogen and oxygen atoms in total. The van der Waals surface area contributed by atoms with Crippen LogP contribution in [0.25, 0.3) is 22.5 Å². The molecule has 1 aromatic carbocycles. The molecule has 39 heavy (non-hydrogen) atoms. The number of benzene rings is 1. The van der Waals surface area contributed by atoms with Gasteiger partial charge in [-0.3, -0.25) is 9.58 Å². The average molecular weight is 571 g/mol. The van der Waals surface area contributed by atoms with Gasteiger partial charge in [0.15, 0.2) is 5.76 Å². The van der Waals surface area contributed by atoms with Gasteiger partial charge in [-0.1, -0.05) is 42.7 Å². The summed E-state index contributed by atoms with van der Waals surface area (Å²) in [7, 11) is -1.92. The van der Waals surface area contributed by atoms with Crippen LogP contribution in [0.15, 0.2) is 58.3 Å². The highest BCUT2D eigenvalue weighted by molar-refractivity contribution is 7.89. The van der Waals surface area contributed by atoms with Gasteiger partial charge < -0.3 is 9.84 Å². The number of sulfonamides is 1. The number of nitrogens with zero attached hydrogens (tertiary/aromatic N) is 7. The van der Waals surface area contributed by atoms with Crippen molar-refractivity contribution >= 4 is 27.6 Å². The Balaban J connectivity index is 1.41. The van der Waals surface area contributed by atoms with Crippen molar-refractivity contribution in [3.8, 4) is 22.5 Å². The van der Waals surface area contributed by atoms with Crippen molar-refractivity contribution < 1.29 is 12.9 Å². The molecule has 1 aliphatic heterocycles. The minimum absolute atomic E-state index is 0.142. The fourth-order valence-electron chi connectivity index (χ4n) is 4.67. The second-order valence-electron chi connectivity index (χ2n) is 9.41. The van der Waals surface area contributed by atoms with Crippen LogP contribution in [-0.4, -0.2) is 74.7 Å². The molecule has 0 saturated carbocycles. The lowest BCUT2D eigenvalue weighted by molar-refractivity contribution is 0.252. The van der Waals surface area contributed by atoms with Crippen LogP contribution in [0.5, 0.6) is 0 Å². The van der Waals surface area contributed by atoms with Crippen molar-refractivity contribution in [2.24, 2.45) is 7.05 Å². The predicted molar refractivity (Wildman–Crippen MR) is 149 cm³/mol. The largest absolute Gasteiger partial charge is 0.359 e. The summed E-state index contributed by atoms with van der Waals surface area (Å²) in [6.45, 7) is 7.20. The lowest BCUT2D eigenvalue weighted by Gasteiger charge is -2.17. The molecule has 1 saturated heterocycles. The average Bonchev–Trinajstić information content (AvgIpc) is 3.68. The molecule has 0 radical (unpaired) electrons. The van der Waals surface area contributed by atoms with Crippen LogP contribution in [0.2, 0.25) is 5.02 Å². The van der Waals surface area contributed by atoms with E-state index >= 15 is 0 Å². The Hall–Kier alpha value is -3.32. The van der Waals surface area contributed by atoms with Gasteiger partial charge in [-0.2, -0.15) is 9.40 Å². The highest BCUT2D eigenvalue weighted by Gasteiger charge is 2.34. The second kappa shape index (κ2) is 11.4. The maximum Gasteiger partial charge on any atom is 0.246 e. The zero-order chi connectivity index (χ0) is 27.6. The van der Waals surface area contributed by atoms with E-state index in [-0.39, 0.29) is 10.9 Å². The standard InChI is InChI=1S/C26H31ClN8O3S/c1-4-34(5-2)17-23-24(25(32-38-23)18-7-6-8-19(27)13-18)22-9-11-28-26(31-22)30-20-10-12-35(15-20)39(36,37)21-14-29-33(3)16-21/h6-9,11,13-14,16,20H,4-5,10,12,15,17H2,1-3H3,(H,28,30,31)/t20-/m1/s1. The van der Waals surface area contributed by atoms with E-state index in [1.165, 1.54) is 21.4 Å². The maximum absolute atomic E-state index is 13.0. The Morgan fingerprint density at radius 3 is 2.77 bits per heavy atom. The Morgan fingerprint density at radius 2 is 2.05 bits per heavy atom. The van der Waals surface area contributed by atoms with Gasteiger partial charge in [0.05, 0.1) is 24.0 Å². The lowest BCUT2D eigenvalue weighted by Crippen LogP contribution is -2.31. The molecule has 0 amide bonds. The minimum atomic E-state index is -3.62. The Kier molecular flexibility index (Phi) is 7.98. The van der Waals surface area contributed by atoms with E-state index < -0.39 is 10.0 Å². The first-order valence-electron chi connectivity index (χ1n) is 12.8. The number of anilines is 1. The van der Waals surface area contributed by atoms with Crippen molar-refractivity contribution in [2.45, 2.75) is 37.8 Å². The Bertz CT molecular complexity index is 1550. The van der Waals surface area contributed by atoms with Gasteiger partial charge >= 0.3 is 0 Å². The molecule has 1 aliphatic rings. The molecule has 0 unspecified atom stereocenters. The van der Waals surface area contributed by atoms with Crippen LogP contribution in [-0.2, 0) is 23.6 Å². The second-order valence-corrected chi connectivity index (χ2v) is 11.8. The Morgan fingerprint density at radius 1 is 1.23 bits per heavy atom. The number of hydrogen-bond acceptors (Lipinski definition) is 9. The summed E-state index contributed by atoms with van der Waals surface area (Å²) in [5.74, 6) is 1.11. The van der Waals surface area contributed by atoms with Gasteiger partial charge in [-0.05, 0) is 37.7 Å². The zero-order valence-electron chi connectivity index (χ0n) is 22.1. The van der Waals surface area contributed by atoms with E-state index in [0.29, 0.717) is 54.2 Å². The third kappa shape index (κ3) is 5.83. The Labute approximate surface area is 232 Å². The maximum atomic E-state index is 13.0. The highest BCUT2D eigenvalue weighted by atomic mass is 35.5. The molecule has 3 aromatic heterocycles. The first-order chi connectivity index (χ1) is 18.8. The van der Waals surface area contributed by atoms with E-state index in [0.717, 1.165) is 24.2 Å². The number of halogens is 1. The van der Waals surface area contributed by atoms with Gasteiger partial charge in [0.25, 0.3) is 0 Å². The first-order valence-corrected chi connectivity index (χ1v) is 14.7. The molecule has 5 rings (SSSR count). The van der Waals surface area contributed by atoms with Crippen molar-refractivity contribution in [1.29, 1.82) is 0 Å². The molecule has 1 fully saturated rings. The van der Waals surface area contributed by atoms with Crippen LogP contribution >= 0.6 is 11.6 Å². The van der Waals surface area contributed by atoms with Gasteiger partial charge in [0.1, 0.15) is 10.6 Å². The van der Waals surface area contributed by atoms with Gasteiger partial charge in [-0.25, -0.2) is 18.4 Å². The van der Waals surface area contributed by atoms with Crippen LogP contribution in [0.3, 0.4) is 0 Å². The smallest absolute Gasteiger partial charge is 0.246 e. The summed E-state index contributed by atoms with van der Waals surface area (Å²) >= 11 is 6.28. The molecule has 13 heteroatoms. The molecule has 4 heterocycles. The highest BCUT2D eigenvalue weighted by Crippen LogP contribution is 2.35. The first kappa shape index (κ1) is 27.3. The van der Waals surface area contributed by atoms with E-state index in [4.69, 9.17) is 21.1 Å². The van der Waals surface area contributed by atoms with Gasteiger partial charge in [0.2, 0.25) is 16.0 Å². The minimum Gasteiger partial charge on any atom is -0.359 e. The molecule has 0 bridgehead atoms. The third-order valence-electron chi connectivity index (χ3n) is 6.84. The number of nitrogens with one attached hydrogen (secondary N) is 1. The fourth-order valence-corrected chi connectivity index (χ4v) is 6.35. The summed E-state index contributed by atoms with van der Waals surface area (Å²) in [4.78, 5) is 11.6. The molecular formula is C26H31ClN8O3S. The normalized spacial score (nSPS) is 16.3. The number of rotatable bonds is 10. The summed E-state index contributed by atoms with van der Waals surface area (Å²) in [5.41, 5.74) is 2.91. The predicted octanol–water partition coefficient (Wildman–Crippen LogP) is 3.90. The number of hydrogen-bond donors (Lipinski definition) is 1. The zero-order valence-corrected chi connectivity index (χ0v) is 23.7. The van der Waals surface area contributed by atoms with E-state index in [1.54, 1.807) is 13.2 Å². The third-order valence-corrected chi connectivity index (χ3v) is 8.89. The lowest BCUT2D eigenvalue weighted by atomic mass is 10.0. The topological polar surface area (TPSA) is 122 Å². The fraction of sp³-hybridized carbons (Fsp3) is 0.385. The summed E-state index contributed by atoms with van der Waals surface area (Å²) < 4.78 is 34.8. The molecular weight excluding hydrogens is 540 g/mol. The number of aromatic nitrogens is 5. The molecule has 206 valence electrons. The van der Waals surface area contributed by atoms with Crippen molar-refractivity contribution in [2.75, 3.05) is 31.5 Å². The van der Waals surface area contributed by atoms with Gasteiger partial charge in [-0.15, -0.1) is 0 Å². The van der Waals surface area contributed by atoms with Crippen molar-refractivity contribution in [3.05, 3.63) is 59.7 Å². The molecule has 1 atom stereocenters. The molecule has 0 spiro atoms. The van der Waals surface area contributed by atoms with Gasteiger partial charge in [0, 0.05) is 49.2 Å². The van der Waals surface area contributed by atoms with Crippen LogP contribution in [0.1, 0.15) is 26.0 Å². The SMILES string of the molecule is CCN(CC)Cc1onc(-c2cccc(Cl)c2)c1-c1ccnc(N[C@@H]2CCN(S(=O)(=O)c3cnn(C)c3)C2)n1. The summed E-state index contributed by atoms with van der Waals surface area (Å²) in [6, 6.07) is 9.15. The van der Waals surface area contributed by atoms with Crippen LogP contribution in [0, 0.1) is 0 Å². The monoisotopic (exact) mass is 570 g/mol. The van der Waals surface area contributed by atoms with Crippen LogP contribution in [0.4, 0.5) is 5.95 Å². The molecule has 0 aliphatic carbocycles. The van der Waals surface area contributed by atoms with E-state index in [2.05, 4.69) is 39.3 Å². The van der Waals surface area contributed by atoms with E-state index in [1.807, 2.05) is 30.3 Å². The molecule has 1 N–H and O–H groups in total. The van der Waals surface area contributed by atoms with Crippen molar-refractivity contribution in [3.63, 3.8) is 0 Å². The number of aryl methyl sites for hydroxylation is 1. The summed E-state index contributed by atoms with van der Waals surface area (Å²) in [6.07, 6.45) is 5.19. The van der Waals surface area contributed by atoms with E-state index in [9.17, 15) is 8.42 Å². The summed E-state index contributed by atoms with van der Waals surface area (Å²) in [5, 5.41) is 12.3. The van der Waals surface area contributed by atoms with Crippen molar-refractivity contribution in [1.82, 2.24) is 34.1 Å².